The van der Waals surface area contributed by atoms with Crippen LogP contribution in [0.15, 0.2) is 50.7 Å². The maximum absolute atomic E-state index is 14.2. The number of benzene rings is 1. The Bertz CT molecular complexity index is 1650. The lowest BCUT2D eigenvalue weighted by molar-refractivity contribution is -0.118. The number of fused-ring (bicyclic) bond motifs is 1. The fourth-order valence-corrected chi connectivity index (χ4v) is 6.31. The Morgan fingerprint density at radius 1 is 1.25 bits per heavy atom. The number of rotatable bonds is 9. The molecular formula is C28H30ClN3O7S. The number of thiophene rings is 1. The number of hydrogen-bond acceptors (Lipinski definition) is 9. The summed E-state index contributed by atoms with van der Waals surface area (Å²) < 4.78 is 25.7. The molecule has 10 nitrogen and oxygen atoms in total. The number of aryl methyl sites for hydroxylation is 1. The summed E-state index contributed by atoms with van der Waals surface area (Å²) in [6.07, 6.45) is 3.65. The van der Waals surface area contributed by atoms with Gasteiger partial charge in [0, 0.05) is 18.8 Å². The van der Waals surface area contributed by atoms with Gasteiger partial charge in [-0.1, -0.05) is 18.2 Å². The first-order chi connectivity index (χ1) is 19.1. The molecule has 212 valence electrons. The predicted molar refractivity (Wildman–Crippen MR) is 151 cm³/mol. The molecule has 1 aliphatic heterocycles. The van der Waals surface area contributed by atoms with Crippen molar-refractivity contribution < 1.29 is 23.4 Å². The number of methoxy groups -OCH3 is 1. The zero-order valence-electron chi connectivity index (χ0n) is 22.6. The van der Waals surface area contributed by atoms with Crippen LogP contribution in [-0.4, -0.2) is 45.8 Å². The van der Waals surface area contributed by atoms with E-state index < -0.39 is 28.1 Å². The van der Waals surface area contributed by atoms with Crippen molar-refractivity contribution >= 4 is 38.4 Å². The molecule has 1 atom stereocenters. The monoisotopic (exact) mass is 587 g/mol. The Labute approximate surface area is 239 Å². The van der Waals surface area contributed by atoms with Gasteiger partial charge in [0.2, 0.25) is 11.1 Å². The van der Waals surface area contributed by atoms with Gasteiger partial charge in [0.05, 0.1) is 36.2 Å². The number of hydrogen-bond donors (Lipinski definition) is 0. The van der Waals surface area contributed by atoms with Gasteiger partial charge < -0.3 is 18.6 Å². The molecule has 12 heteroatoms. The van der Waals surface area contributed by atoms with Gasteiger partial charge in [-0.05, 0) is 56.8 Å². The summed E-state index contributed by atoms with van der Waals surface area (Å²) in [6, 6.07) is 7.46. The van der Waals surface area contributed by atoms with E-state index in [4.69, 9.17) is 30.2 Å². The van der Waals surface area contributed by atoms with Gasteiger partial charge in [-0.15, -0.1) is 11.3 Å². The number of ether oxygens (including phenoxy) is 3. The quantitative estimate of drug-likeness (QED) is 0.260. The Hall–Kier alpha value is -3.25. The normalized spacial score (nSPS) is 15.4. The zero-order chi connectivity index (χ0) is 28.6. The SMILES string of the molecule is COc1ccccc1C(Cn1c(=O)n(C(C)(C)C(=O)Cl)c(=O)c2c(C)c(-c3ncco3)sc21)OC1CCOCC1. The molecular weight excluding hydrogens is 558 g/mol. The molecule has 1 aromatic carbocycles. The second-order valence-corrected chi connectivity index (χ2v) is 11.5. The molecule has 1 unspecified atom stereocenters. The molecule has 0 bridgehead atoms. The highest BCUT2D eigenvalue weighted by atomic mass is 35.5. The minimum atomic E-state index is -1.61. The summed E-state index contributed by atoms with van der Waals surface area (Å²) in [4.78, 5) is 45.8. The number of halogens is 1. The Morgan fingerprint density at radius 2 is 1.98 bits per heavy atom. The number of carbonyl (C=O) groups is 1. The minimum absolute atomic E-state index is 0.0465. The van der Waals surface area contributed by atoms with Crippen LogP contribution >= 0.6 is 22.9 Å². The van der Waals surface area contributed by atoms with Crippen molar-refractivity contribution in [1.82, 2.24) is 14.1 Å². The average Bonchev–Trinajstić information content (AvgIpc) is 3.59. The number of carbonyl (C=O) groups excluding carboxylic acids is 1. The first-order valence-electron chi connectivity index (χ1n) is 12.9. The largest absolute Gasteiger partial charge is 0.496 e. The highest BCUT2D eigenvalue weighted by Gasteiger charge is 2.35. The minimum Gasteiger partial charge on any atom is -0.496 e. The molecule has 4 aromatic rings. The van der Waals surface area contributed by atoms with E-state index in [2.05, 4.69) is 4.98 Å². The van der Waals surface area contributed by atoms with E-state index in [-0.39, 0.29) is 18.0 Å². The first-order valence-corrected chi connectivity index (χ1v) is 14.1. The summed E-state index contributed by atoms with van der Waals surface area (Å²) in [5, 5.41) is -0.549. The molecule has 0 saturated carbocycles. The number of nitrogens with zero attached hydrogens (tertiary/aromatic N) is 3. The van der Waals surface area contributed by atoms with Gasteiger partial charge in [-0.3, -0.25) is 14.2 Å². The Morgan fingerprint density at radius 3 is 2.62 bits per heavy atom. The van der Waals surface area contributed by atoms with Crippen molar-refractivity contribution in [3.8, 4) is 16.5 Å². The predicted octanol–water partition coefficient (Wildman–Crippen LogP) is 4.63. The van der Waals surface area contributed by atoms with Crippen molar-refractivity contribution in [3.63, 3.8) is 0 Å². The molecule has 1 saturated heterocycles. The van der Waals surface area contributed by atoms with Gasteiger partial charge >= 0.3 is 5.69 Å². The van der Waals surface area contributed by atoms with E-state index in [0.717, 1.165) is 10.1 Å². The van der Waals surface area contributed by atoms with Crippen molar-refractivity contribution in [2.24, 2.45) is 0 Å². The average molecular weight is 588 g/mol. The Kier molecular flexibility index (Phi) is 8.01. The van der Waals surface area contributed by atoms with Crippen molar-refractivity contribution in [3.05, 3.63) is 68.7 Å². The van der Waals surface area contributed by atoms with Gasteiger partial charge in [-0.2, -0.15) is 0 Å². The van der Waals surface area contributed by atoms with E-state index in [0.29, 0.717) is 53.0 Å². The lowest BCUT2D eigenvalue weighted by atomic mass is 10.1. The molecule has 4 heterocycles. The van der Waals surface area contributed by atoms with Crippen LogP contribution in [0, 0.1) is 6.92 Å². The van der Waals surface area contributed by atoms with Crippen molar-refractivity contribution in [2.75, 3.05) is 20.3 Å². The molecule has 40 heavy (non-hydrogen) atoms. The lowest BCUT2D eigenvalue weighted by Crippen LogP contribution is -2.51. The smallest absolute Gasteiger partial charge is 0.333 e. The van der Waals surface area contributed by atoms with E-state index in [1.807, 2.05) is 24.3 Å². The molecule has 5 rings (SSSR count). The number of para-hydroxylation sites is 1. The summed E-state index contributed by atoms with van der Waals surface area (Å²) in [5.41, 5.74) is -1.55. The summed E-state index contributed by atoms with van der Waals surface area (Å²) in [6.45, 7) is 5.88. The van der Waals surface area contributed by atoms with Crippen LogP contribution in [-0.2, 0) is 26.4 Å². The summed E-state index contributed by atoms with van der Waals surface area (Å²) in [7, 11) is 1.58. The summed E-state index contributed by atoms with van der Waals surface area (Å²) >= 11 is 7.15. The van der Waals surface area contributed by atoms with Gasteiger partial charge in [0.1, 0.15) is 28.5 Å². The standard InChI is InChI=1S/C28H30ClN3O7S/c1-16-21-24(33)32(28(2,3)26(29)34)27(35)31(25(21)40-22(16)23-30-11-14-38-23)15-20(39-17-9-12-37-13-10-17)18-7-5-6-8-19(18)36-4/h5-8,11,14,17,20H,9-10,12-13,15H2,1-4H3. The molecule has 1 aliphatic rings. The third kappa shape index (κ3) is 5.03. The van der Waals surface area contributed by atoms with Crippen LogP contribution in [0.1, 0.15) is 43.9 Å². The molecule has 0 aliphatic carbocycles. The van der Waals surface area contributed by atoms with Gasteiger partial charge in [0.25, 0.3) is 5.56 Å². The highest BCUT2D eigenvalue weighted by molar-refractivity contribution is 7.22. The molecule has 0 radical (unpaired) electrons. The fraction of sp³-hybridized carbons (Fsp3) is 0.429. The van der Waals surface area contributed by atoms with E-state index in [1.54, 1.807) is 14.0 Å². The van der Waals surface area contributed by atoms with Crippen molar-refractivity contribution in [1.29, 1.82) is 0 Å². The van der Waals surface area contributed by atoms with E-state index in [9.17, 15) is 14.4 Å². The number of oxazole rings is 1. The molecule has 0 spiro atoms. The topological polar surface area (TPSA) is 115 Å². The second kappa shape index (κ2) is 11.3. The van der Waals surface area contributed by atoms with Gasteiger partial charge in [-0.25, -0.2) is 14.3 Å². The van der Waals surface area contributed by atoms with Crippen LogP contribution in [0.25, 0.3) is 21.0 Å². The molecule has 0 N–H and O–H groups in total. The third-order valence-electron chi connectivity index (χ3n) is 7.24. The zero-order valence-corrected chi connectivity index (χ0v) is 24.2. The maximum Gasteiger partial charge on any atom is 0.333 e. The molecule has 0 amide bonds. The lowest BCUT2D eigenvalue weighted by Gasteiger charge is -2.30. The fourth-order valence-electron chi connectivity index (χ4n) is 4.99. The van der Waals surface area contributed by atoms with E-state index in [1.165, 1.54) is 42.2 Å². The Balaban J connectivity index is 1.76. The first kappa shape index (κ1) is 28.3. The van der Waals surface area contributed by atoms with Gasteiger partial charge in [0.15, 0.2) is 0 Å². The van der Waals surface area contributed by atoms with Crippen molar-refractivity contribution in [2.45, 2.75) is 57.9 Å². The second-order valence-electron chi connectivity index (χ2n) is 10.1. The van der Waals surface area contributed by atoms with Crippen LogP contribution in [0.4, 0.5) is 0 Å². The maximum atomic E-state index is 14.2. The summed E-state index contributed by atoms with van der Waals surface area (Å²) in [5.74, 6) is 0.937. The number of aromatic nitrogens is 3. The third-order valence-corrected chi connectivity index (χ3v) is 9.00. The highest BCUT2D eigenvalue weighted by Crippen LogP contribution is 2.37. The van der Waals surface area contributed by atoms with Crippen LogP contribution in [0.3, 0.4) is 0 Å². The van der Waals surface area contributed by atoms with Crippen LogP contribution in [0.2, 0.25) is 0 Å². The molecule has 3 aromatic heterocycles. The van der Waals surface area contributed by atoms with Crippen LogP contribution in [0.5, 0.6) is 5.75 Å². The van der Waals surface area contributed by atoms with Crippen LogP contribution < -0.4 is 16.0 Å². The van der Waals surface area contributed by atoms with E-state index >= 15 is 0 Å². The molecule has 1 fully saturated rings.